The third-order valence-corrected chi connectivity index (χ3v) is 11.6. The van der Waals surface area contributed by atoms with E-state index in [1.807, 2.05) is 0 Å². The van der Waals surface area contributed by atoms with Crippen molar-refractivity contribution in [1.82, 2.24) is 4.90 Å². The fraction of sp³-hybridized carbons (Fsp3) is 0.333. The number of carbonyl (C=O) groups is 4. The van der Waals surface area contributed by atoms with Crippen LogP contribution < -0.4 is 9.64 Å². The second kappa shape index (κ2) is 11.6. The number of anilines is 1. The van der Waals surface area contributed by atoms with Crippen LogP contribution in [0.3, 0.4) is 0 Å². The molecule has 0 radical (unpaired) electrons. The maximum absolute atomic E-state index is 14.5. The Bertz CT molecular complexity index is 1880. The number of rotatable bonds is 7. The number of halogens is 3. The molecule has 2 aliphatic heterocycles. The number of hydrogen-bond donors (Lipinski definition) is 2. The first-order valence-electron chi connectivity index (χ1n) is 15.7. The first kappa shape index (κ1) is 32.2. The molecule has 48 heavy (non-hydrogen) atoms. The SMILES string of the molecule is CCOc1cccc([C@H]2C3=CC[C@@H]4C(=O)N(CCc5ccc(O)cc5)C(=O)[C@@H]4[C@@H]3C[C@@]3(Cl)C(=O)N(c4ccc(F)cc4)C(=O)[C@@]23Cl)c1O. The quantitative estimate of drug-likeness (QED) is 0.192. The van der Waals surface area contributed by atoms with Crippen molar-refractivity contribution in [2.24, 2.45) is 17.8 Å². The molecule has 0 spiro atoms. The Morgan fingerprint density at radius 2 is 1.62 bits per heavy atom. The molecule has 0 bridgehead atoms. The number of carbonyl (C=O) groups excluding carboxylic acids is 4. The average molecular weight is 694 g/mol. The first-order valence-corrected chi connectivity index (χ1v) is 16.5. The van der Waals surface area contributed by atoms with Crippen LogP contribution in [0.4, 0.5) is 10.1 Å². The van der Waals surface area contributed by atoms with E-state index in [0.717, 1.165) is 22.6 Å². The molecule has 2 N–H and O–H groups in total. The minimum Gasteiger partial charge on any atom is -0.508 e. The number of phenolic OH excluding ortho intramolecular Hbond substituents is 2. The summed E-state index contributed by atoms with van der Waals surface area (Å²) in [6, 6.07) is 16.0. The number of nitrogens with zero attached hydrogens (tertiary/aromatic N) is 2. The van der Waals surface area contributed by atoms with Crippen LogP contribution in [0.2, 0.25) is 0 Å². The Balaban J connectivity index is 1.33. The highest BCUT2D eigenvalue weighted by Crippen LogP contribution is 2.66. The summed E-state index contributed by atoms with van der Waals surface area (Å²) in [6.45, 7) is 2.09. The number of ether oxygens (including phenoxy) is 1. The van der Waals surface area contributed by atoms with Crippen molar-refractivity contribution in [3.05, 3.63) is 95.3 Å². The summed E-state index contributed by atoms with van der Waals surface area (Å²) in [5.41, 5.74) is 1.59. The second-order valence-corrected chi connectivity index (χ2v) is 13.9. The van der Waals surface area contributed by atoms with Gasteiger partial charge >= 0.3 is 0 Å². The van der Waals surface area contributed by atoms with Gasteiger partial charge in [0.1, 0.15) is 11.6 Å². The molecule has 2 saturated heterocycles. The van der Waals surface area contributed by atoms with Gasteiger partial charge in [-0.3, -0.25) is 24.1 Å². The largest absolute Gasteiger partial charge is 0.508 e. The molecule has 4 aliphatic rings. The lowest BCUT2D eigenvalue weighted by Gasteiger charge is -2.50. The van der Waals surface area contributed by atoms with Crippen LogP contribution in [0, 0.1) is 23.6 Å². The summed E-state index contributed by atoms with van der Waals surface area (Å²) < 4.78 is 19.5. The van der Waals surface area contributed by atoms with Crippen LogP contribution in [0.15, 0.2) is 78.4 Å². The third-order valence-electron chi connectivity index (χ3n) is 10.2. The number of hydrogen-bond acceptors (Lipinski definition) is 7. The number of phenols is 2. The Labute approximate surface area is 285 Å². The summed E-state index contributed by atoms with van der Waals surface area (Å²) in [5, 5.41) is 21.1. The number of allylic oxidation sites excluding steroid dienone is 2. The number of aromatic hydroxyl groups is 2. The molecule has 2 heterocycles. The maximum atomic E-state index is 14.5. The highest BCUT2D eigenvalue weighted by molar-refractivity contribution is 6.58. The van der Waals surface area contributed by atoms with Crippen LogP contribution in [0.5, 0.6) is 17.2 Å². The van der Waals surface area contributed by atoms with Crippen LogP contribution >= 0.6 is 23.2 Å². The van der Waals surface area contributed by atoms with E-state index in [9.17, 15) is 33.8 Å². The molecule has 3 fully saturated rings. The Kier molecular flexibility index (Phi) is 7.79. The zero-order valence-corrected chi connectivity index (χ0v) is 27.2. The van der Waals surface area contributed by atoms with E-state index in [1.165, 1.54) is 29.2 Å². The summed E-state index contributed by atoms with van der Waals surface area (Å²) in [4.78, 5) is 54.5. The normalized spacial score (nSPS) is 29.5. The van der Waals surface area contributed by atoms with Crippen molar-refractivity contribution in [3.63, 3.8) is 0 Å². The summed E-state index contributed by atoms with van der Waals surface area (Å²) in [6.07, 6.45) is 2.09. The molecule has 248 valence electrons. The van der Waals surface area contributed by atoms with E-state index in [4.69, 9.17) is 27.9 Å². The lowest BCUT2D eigenvalue weighted by Crippen LogP contribution is -2.60. The van der Waals surface area contributed by atoms with Crippen molar-refractivity contribution in [1.29, 1.82) is 0 Å². The van der Waals surface area contributed by atoms with Gasteiger partial charge in [0.2, 0.25) is 11.8 Å². The molecule has 1 saturated carbocycles. The number of para-hydroxylation sites is 1. The number of alkyl halides is 2. The molecule has 6 atom stereocenters. The summed E-state index contributed by atoms with van der Waals surface area (Å²) >= 11 is 14.8. The van der Waals surface area contributed by atoms with E-state index >= 15 is 0 Å². The van der Waals surface area contributed by atoms with Gasteiger partial charge < -0.3 is 14.9 Å². The van der Waals surface area contributed by atoms with E-state index in [2.05, 4.69) is 0 Å². The van der Waals surface area contributed by atoms with Crippen molar-refractivity contribution in [3.8, 4) is 17.2 Å². The standard InChI is InChI=1S/C36H31Cl2FN2O7/c1-2-48-27-5-3-4-25(30(27)43)29-23-14-15-24-28(32(45)40(31(24)44)17-16-19-6-12-22(42)13-7-19)26(23)18-35(37)33(46)41(34(47)36(29,35)38)21-10-8-20(39)9-11-21/h3-14,24,26,28-29,42-43H,2,15-18H2,1H3/t24-,26+,28-,29+,35+,36-/m0/s1. The lowest BCUT2D eigenvalue weighted by atomic mass is 9.56. The minimum atomic E-state index is -2.18. The highest BCUT2D eigenvalue weighted by Gasteiger charge is 2.77. The van der Waals surface area contributed by atoms with Gasteiger partial charge in [-0.15, -0.1) is 23.2 Å². The summed E-state index contributed by atoms with van der Waals surface area (Å²) in [7, 11) is 0. The molecule has 9 nitrogen and oxygen atoms in total. The Hall–Kier alpha value is -4.41. The van der Waals surface area contributed by atoms with Gasteiger partial charge in [-0.25, -0.2) is 9.29 Å². The van der Waals surface area contributed by atoms with Crippen LogP contribution in [0.25, 0.3) is 0 Å². The number of imide groups is 2. The van der Waals surface area contributed by atoms with Crippen molar-refractivity contribution in [2.75, 3.05) is 18.1 Å². The highest BCUT2D eigenvalue weighted by atomic mass is 35.5. The van der Waals surface area contributed by atoms with Crippen LogP contribution in [0.1, 0.15) is 36.8 Å². The molecule has 0 unspecified atom stereocenters. The molecule has 12 heteroatoms. The number of likely N-dealkylation sites (tertiary alicyclic amines) is 1. The molecule has 2 aliphatic carbocycles. The molecular weight excluding hydrogens is 662 g/mol. The number of benzene rings is 3. The van der Waals surface area contributed by atoms with E-state index in [0.29, 0.717) is 12.0 Å². The monoisotopic (exact) mass is 692 g/mol. The van der Waals surface area contributed by atoms with Crippen molar-refractivity contribution < 1.29 is 38.5 Å². The smallest absolute Gasteiger partial charge is 0.258 e. The van der Waals surface area contributed by atoms with Gasteiger partial charge in [-0.1, -0.05) is 35.9 Å². The molecular formula is C36H31Cl2FN2O7. The zero-order valence-electron chi connectivity index (χ0n) is 25.7. The predicted molar refractivity (Wildman–Crippen MR) is 174 cm³/mol. The van der Waals surface area contributed by atoms with E-state index < -0.39 is 57.0 Å². The molecule has 3 aromatic carbocycles. The molecule has 3 aromatic rings. The average Bonchev–Trinajstić information content (AvgIpc) is 3.40. The van der Waals surface area contributed by atoms with Crippen LogP contribution in [-0.2, 0) is 25.6 Å². The van der Waals surface area contributed by atoms with E-state index in [-0.39, 0.29) is 60.4 Å². The van der Waals surface area contributed by atoms with Gasteiger partial charge in [0.05, 0.1) is 24.1 Å². The van der Waals surface area contributed by atoms with Gasteiger partial charge in [0.25, 0.3) is 11.8 Å². The summed E-state index contributed by atoms with van der Waals surface area (Å²) in [5.74, 6) is -6.70. The van der Waals surface area contributed by atoms with Crippen molar-refractivity contribution in [2.45, 2.75) is 41.9 Å². The topological polar surface area (TPSA) is 124 Å². The predicted octanol–water partition coefficient (Wildman–Crippen LogP) is 5.44. The van der Waals surface area contributed by atoms with Gasteiger partial charge in [0.15, 0.2) is 21.2 Å². The Morgan fingerprint density at radius 1 is 0.917 bits per heavy atom. The number of amides is 4. The molecule has 0 aromatic heterocycles. The fourth-order valence-corrected chi connectivity index (χ4v) is 8.90. The van der Waals surface area contributed by atoms with Gasteiger partial charge in [-0.05, 0) is 80.1 Å². The zero-order chi connectivity index (χ0) is 34.1. The van der Waals surface area contributed by atoms with Gasteiger partial charge in [-0.2, -0.15) is 0 Å². The molecule has 7 rings (SSSR count). The van der Waals surface area contributed by atoms with Crippen LogP contribution in [-0.4, -0.2) is 61.6 Å². The van der Waals surface area contributed by atoms with Gasteiger partial charge in [0, 0.05) is 18.0 Å². The third kappa shape index (κ3) is 4.56. The minimum absolute atomic E-state index is 0.0641. The molecule has 4 amide bonds. The van der Waals surface area contributed by atoms with Crippen molar-refractivity contribution >= 4 is 52.5 Å². The van der Waals surface area contributed by atoms with E-state index in [1.54, 1.807) is 43.3 Å². The first-order chi connectivity index (χ1) is 22.9. The number of fused-ring (bicyclic) bond motifs is 4. The Morgan fingerprint density at radius 3 is 2.31 bits per heavy atom. The fourth-order valence-electron chi connectivity index (χ4n) is 7.98. The maximum Gasteiger partial charge on any atom is 0.258 e. The second-order valence-electron chi connectivity index (χ2n) is 12.6. The lowest BCUT2D eigenvalue weighted by molar-refractivity contribution is -0.140.